The molecule has 1 saturated heterocycles. The fourth-order valence-corrected chi connectivity index (χ4v) is 3.62. The van der Waals surface area contributed by atoms with Crippen LogP contribution in [0.1, 0.15) is 51.9 Å². The SMILES string of the molecule is CC1CCCCCC1NC(=O)C1(C(N)=S)CCOCC1. The zero-order chi connectivity index (χ0) is 14.6. The highest BCUT2D eigenvalue weighted by atomic mass is 32.1. The van der Waals surface area contributed by atoms with Crippen molar-refractivity contribution in [1.29, 1.82) is 0 Å². The molecule has 1 amide bonds. The standard InChI is InChI=1S/C15H26N2O2S/c1-11-5-3-2-4-6-12(11)17-14(18)15(13(16)20)7-9-19-10-8-15/h11-12H,2-10H2,1H3,(H2,16,20)(H,17,18). The fourth-order valence-electron chi connectivity index (χ4n) is 3.32. The lowest BCUT2D eigenvalue weighted by molar-refractivity contribution is -0.132. The fraction of sp³-hybridized carbons (Fsp3) is 0.867. The smallest absolute Gasteiger partial charge is 0.233 e. The van der Waals surface area contributed by atoms with Gasteiger partial charge in [0, 0.05) is 19.3 Å². The molecular weight excluding hydrogens is 272 g/mol. The van der Waals surface area contributed by atoms with Crippen molar-refractivity contribution >= 4 is 23.1 Å². The highest BCUT2D eigenvalue weighted by Gasteiger charge is 2.43. The molecule has 2 unspecified atom stereocenters. The largest absolute Gasteiger partial charge is 0.392 e. The molecule has 1 aliphatic heterocycles. The first-order valence-corrected chi connectivity index (χ1v) is 8.16. The molecule has 2 fully saturated rings. The molecule has 2 aliphatic rings. The summed E-state index contributed by atoms with van der Waals surface area (Å²) in [5.41, 5.74) is 5.19. The lowest BCUT2D eigenvalue weighted by atomic mass is 9.78. The number of carbonyl (C=O) groups is 1. The Morgan fingerprint density at radius 1 is 1.25 bits per heavy atom. The Balaban J connectivity index is 2.06. The number of carbonyl (C=O) groups excluding carboxylic acids is 1. The van der Waals surface area contributed by atoms with Gasteiger partial charge in [-0.2, -0.15) is 0 Å². The number of nitrogens with two attached hydrogens (primary N) is 1. The maximum Gasteiger partial charge on any atom is 0.233 e. The van der Waals surface area contributed by atoms with E-state index in [-0.39, 0.29) is 11.9 Å². The highest BCUT2D eigenvalue weighted by molar-refractivity contribution is 7.80. The van der Waals surface area contributed by atoms with Gasteiger partial charge in [0.05, 0.1) is 4.99 Å². The van der Waals surface area contributed by atoms with Crippen LogP contribution in [0.5, 0.6) is 0 Å². The summed E-state index contributed by atoms with van der Waals surface area (Å²) in [6.07, 6.45) is 7.20. The van der Waals surface area contributed by atoms with E-state index in [0.29, 0.717) is 37.0 Å². The Bertz CT molecular complexity index is 367. The predicted molar refractivity (Wildman–Crippen MR) is 83.5 cm³/mol. The van der Waals surface area contributed by atoms with Gasteiger partial charge < -0.3 is 15.8 Å². The van der Waals surface area contributed by atoms with Crippen molar-refractivity contribution in [3.63, 3.8) is 0 Å². The monoisotopic (exact) mass is 298 g/mol. The van der Waals surface area contributed by atoms with E-state index in [2.05, 4.69) is 12.2 Å². The van der Waals surface area contributed by atoms with Crippen LogP contribution in [0.15, 0.2) is 0 Å². The van der Waals surface area contributed by atoms with Gasteiger partial charge in [0.2, 0.25) is 5.91 Å². The minimum Gasteiger partial charge on any atom is -0.392 e. The zero-order valence-corrected chi connectivity index (χ0v) is 13.1. The van der Waals surface area contributed by atoms with Crippen LogP contribution >= 0.6 is 12.2 Å². The third-order valence-electron chi connectivity index (χ3n) is 4.93. The van der Waals surface area contributed by atoms with Crippen LogP contribution in [-0.2, 0) is 9.53 Å². The summed E-state index contributed by atoms with van der Waals surface area (Å²) in [6.45, 7) is 3.35. The maximum absolute atomic E-state index is 12.8. The quantitative estimate of drug-likeness (QED) is 0.619. The molecule has 5 heteroatoms. The molecule has 0 spiro atoms. The minimum atomic E-state index is -0.695. The molecule has 0 aromatic carbocycles. The maximum atomic E-state index is 12.8. The van der Waals surface area contributed by atoms with Crippen LogP contribution in [0.3, 0.4) is 0 Å². The van der Waals surface area contributed by atoms with E-state index >= 15 is 0 Å². The number of ether oxygens (including phenoxy) is 1. The van der Waals surface area contributed by atoms with Crippen LogP contribution in [0.25, 0.3) is 0 Å². The van der Waals surface area contributed by atoms with Crippen LogP contribution < -0.4 is 11.1 Å². The second-order valence-corrected chi connectivity index (χ2v) is 6.69. The van der Waals surface area contributed by atoms with Crippen molar-refractivity contribution in [3.8, 4) is 0 Å². The highest BCUT2D eigenvalue weighted by Crippen LogP contribution is 2.32. The summed E-state index contributed by atoms with van der Waals surface area (Å²) < 4.78 is 5.36. The van der Waals surface area contributed by atoms with Gasteiger partial charge in [0.1, 0.15) is 5.41 Å². The van der Waals surface area contributed by atoms with E-state index in [9.17, 15) is 4.79 Å². The van der Waals surface area contributed by atoms with Gasteiger partial charge in [-0.3, -0.25) is 4.79 Å². The molecule has 1 aliphatic carbocycles. The Morgan fingerprint density at radius 3 is 2.55 bits per heavy atom. The van der Waals surface area contributed by atoms with Crippen LogP contribution in [-0.4, -0.2) is 30.2 Å². The van der Waals surface area contributed by atoms with E-state index in [1.807, 2.05) is 0 Å². The summed E-state index contributed by atoms with van der Waals surface area (Å²) in [5, 5.41) is 3.24. The van der Waals surface area contributed by atoms with Crippen molar-refractivity contribution < 1.29 is 9.53 Å². The third kappa shape index (κ3) is 3.31. The van der Waals surface area contributed by atoms with E-state index in [1.165, 1.54) is 25.7 Å². The predicted octanol–water partition coefficient (Wildman–Crippen LogP) is 2.15. The summed E-state index contributed by atoms with van der Waals surface area (Å²) in [4.78, 5) is 13.1. The van der Waals surface area contributed by atoms with Gasteiger partial charge in [-0.1, -0.05) is 38.4 Å². The average molecular weight is 298 g/mol. The summed E-state index contributed by atoms with van der Waals surface area (Å²) in [5.74, 6) is 0.553. The number of hydrogen-bond donors (Lipinski definition) is 2. The van der Waals surface area contributed by atoms with Crippen LogP contribution in [0, 0.1) is 11.3 Å². The first-order chi connectivity index (χ1) is 9.56. The molecule has 1 heterocycles. The molecular formula is C15H26N2O2S. The second kappa shape index (κ2) is 6.85. The number of thiocarbonyl (C=S) groups is 1. The van der Waals surface area contributed by atoms with Crippen molar-refractivity contribution in [3.05, 3.63) is 0 Å². The van der Waals surface area contributed by atoms with Crippen LogP contribution in [0.4, 0.5) is 0 Å². The van der Waals surface area contributed by atoms with Gasteiger partial charge >= 0.3 is 0 Å². The Morgan fingerprint density at radius 2 is 1.90 bits per heavy atom. The first kappa shape index (κ1) is 15.7. The van der Waals surface area contributed by atoms with Crippen molar-refractivity contribution in [2.45, 2.75) is 57.9 Å². The van der Waals surface area contributed by atoms with Crippen molar-refractivity contribution in [2.75, 3.05) is 13.2 Å². The third-order valence-corrected chi connectivity index (χ3v) is 5.32. The minimum absolute atomic E-state index is 0.0204. The Labute approximate surface area is 126 Å². The van der Waals surface area contributed by atoms with E-state index in [0.717, 1.165) is 6.42 Å². The molecule has 1 saturated carbocycles. The summed E-state index contributed by atoms with van der Waals surface area (Å²) in [6, 6.07) is 0.263. The molecule has 114 valence electrons. The molecule has 20 heavy (non-hydrogen) atoms. The van der Waals surface area contributed by atoms with Crippen LogP contribution in [0.2, 0.25) is 0 Å². The number of nitrogens with one attached hydrogen (secondary N) is 1. The molecule has 2 rings (SSSR count). The van der Waals surface area contributed by atoms with Gasteiger partial charge in [-0.15, -0.1) is 0 Å². The molecule has 0 radical (unpaired) electrons. The van der Waals surface area contributed by atoms with Gasteiger partial charge in [-0.25, -0.2) is 0 Å². The Hall–Kier alpha value is -0.680. The number of amides is 1. The molecule has 2 atom stereocenters. The zero-order valence-electron chi connectivity index (χ0n) is 12.3. The van der Waals surface area contributed by atoms with E-state index < -0.39 is 5.41 Å². The molecule has 4 nitrogen and oxygen atoms in total. The first-order valence-electron chi connectivity index (χ1n) is 7.75. The second-order valence-electron chi connectivity index (χ2n) is 6.25. The number of rotatable bonds is 3. The Kier molecular flexibility index (Phi) is 5.38. The van der Waals surface area contributed by atoms with Gasteiger partial charge in [-0.05, 0) is 31.6 Å². The van der Waals surface area contributed by atoms with E-state index in [4.69, 9.17) is 22.7 Å². The lowest BCUT2D eigenvalue weighted by Crippen LogP contribution is -2.54. The summed E-state index contributed by atoms with van der Waals surface area (Å²) in [7, 11) is 0. The van der Waals surface area contributed by atoms with Crippen molar-refractivity contribution in [2.24, 2.45) is 17.1 Å². The topological polar surface area (TPSA) is 64.4 Å². The molecule has 0 bridgehead atoms. The van der Waals surface area contributed by atoms with Gasteiger partial charge in [0.15, 0.2) is 0 Å². The van der Waals surface area contributed by atoms with Crippen molar-refractivity contribution in [1.82, 2.24) is 5.32 Å². The molecule has 0 aromatic rings. The number of hydrogen-bond acceptors (Lipinski definition) is 3. The normalized spacial score (nSPS) is 30.2. The van der Waals surface area contributed by atoms with E-state index in [1.54, 1.807) is 0 Å². The molecule has 3 N–H and O–H groups in total. The summed E-state index contributed by atoms with van der Waals surface area (Å²) >= 11 is 5.19. The lowest BCUT2D eigenvalue weighted by Gasteiger charge is -2.36. The van der Waals surface area contributed by atoms with Gasteiger partial charge in [0.25, 0.3) is 0 Å². The molecule has 0 aromatic heterocycles. The average Bonchev–Trinajstić information content (AvgIpc) is 2.64.